The Balaban J connectivity index is 0.000000271. The average molecular weight is 652 g/mol. The van der Waals surface area contributed by atoms with E-state index in [4.69, 9.17) is 4.42 Å². The molecule has 2 heterocycles. The Morgan fingerprint density at radius 3 is 2.20 bits per heavy atom. The van der Waals surface area contributed by atoms with Gasteiger partial charge in [-0.15, -0.1) is 23.8 Å². The normalized spacial score (nSPS) is 12.0. The number of aliphatic hydroxyl groups excluding tert-OH is 1. The average Bonchev–Trinajstić information content (AvgIpc) is 2.79. The molecule has 6 heteroatoms. The number of carbonyl (C=O) groups excluding carboxylic acids is 1. The fourth-order valence-electron chi connectivity index (χ4n) is 2.97. The zero-order chi connectivity index (χ0) is 25.1. The van der Waals surface area contributed by atoms with Crippen LogP contribution in [0.3, 0.4) is 0 Å². The van der Waals surface area contributed by atoms with Gasteiger partial charge in [-0.3, -0.25) is 9.59 Å². The van der Waals surface area contributed by atoms with E-state index in [1.807, 2.05) is 71.9 Å². The minimum Gasteiger partial charge on any atom is -0.512 e. The molecule has 0 saturated heterocycles. The van der Waals surface area contributed by atoms with E-state index >= 15 is 0 Å². The summed E-state index contributed by atoms with van der Waals surface area (Å²) in [5.41, 5.74) is 1.91. The van der Waals surface area contributed by atoms with Gasteiger partial charge in [0.25, 0.3) is 0 Å². The molecule has 186 valence electrons. The third kappa shape index (κ3) is 6.99. The second kappa shape index (κ2) is 11.1. The van der Waals surface area contributed by atoms with Gasteiger partial charge < -0.3 is 14.5 Å². The molecule has 2 aromatic heterocycles. The van der Waals surface area contributed by atoms with E-state index in [0.717, 1.165) is 11.3 Å². The SMILES string of the molecule is CC(C)(C)C(=O)C=C(O)C(C)(C)C.O=c1c2ccccc2oc2c[c-]c(-c3ccccn3)cc12.[Pt]. The first-order valence-electron chi connectivity index (χ1n) is 11.1. The number of aliphatic hydroxyl groups is 1. The van der Waals surface area contributed by atoms with Crippen molar-refractivity contribution in [2.75, 3.05) is 0 Å². The summed E-state index contributed by atoms with van der Waals surface area (Å²) in [6.45, 7) is 11.1. The van der Waals surface area contributed by atoms with E-state index in [2.05, 4.69) is 11.1 Å². The third-order valence-electron chi connectivity index (χ3n) is 5.23. The molecule has 5 nitrogen and oxygen atoms in total. The van der Waals surface area contributed by atoms with Crippen LogP contribution in [0.2, 0.25) is 0 Å². The molecule has 0 fully saturated rings. The number of allylic oxidation sites excluding steroid dienone is 2. The van der Waals surface area contributed by atoms with Gasteiger partial charge in [0.05, 0.1) is 11.0 Å². The fraction of sp³-hybridized carbons (Fsp3) is 0.276. The van der Waals surface area contributed by atoms with Gasteiger partial charge in [0, 0.05) is 44.2 Å². The molecule has 0 atom stereocenters. The molecule has 35 heavy (non-hydrogen) atoms. The summed E-state index contributed by atoms with van der Waals surface area (Å²) in [5.74, 6) is 0.104. The fourth-order valence-corrected chi connectivity index (χ4v) is 2.97. The molecule has 4 aromatic rings. The molecule has 0 spiro atoms. The summed E-state index contributed by atoms with van der Waals surface area (Å²) >= 11 is 0. The summed E-state index contributed by atoms with van der Waals surface area (Å²) in [4.78, 5) is 28.3. The molecule has 4 rings (SSSR count). The van der Waals surface area contributed by atoms with Crippen molar-refractivity contribution in [3.05, 3.63) is 88.9 Å². The maximum Gasteiger partial charge on any atom is 0.182 e. The third-order valence-corrected chi connectivity index (χ3v) is 5.23. The molecule has 0 aliphatic rings. The Morgan fingerprint density at radius 1 is 0.943 bits per heavy atom. The van der Waals surface area contributed by atoms with E-state index in [9.17, 15) is 14.7 Å². The van der Waals surface area contributed by atoms with Gasteiger partial charge in [-0.25, -0.2) is 0 Å². The molecule has 2 aromatic carbocycles. The Labute approximate surface area is 220 Å². The van der Waals surface area contributed by atoms with Crippen LogP contribution in [0.1, 0.15) is 41.5 Å². The zero-order valence-corrected chi connectivity index (χ0v) is 23.1. The van der Waals surface area contributed by atoms with Crippen molar-refractivity contribution in [1.29, 1.82) is 0 Å². The first-order valence-corrected chi connectivity index (χ1v) is 11.1. The van der Waals surface area contributed by atoms with Gasteiger partial charge in [0.1, 0.15) is 11.3 Å². The van der Waals surface area contributed by atoms with Crippen LogP contribution < -0.4 is 5.43 Å². The van der Waals surface area contributed by atoms with E-state index in [1.165, 1.54) is 6.08 Å². The van der Waals surface area contributed by atoms with Crippen LogP contribution in [0.15, 0.2) is 81.8 Å². The molecule has 0 saturated carbocycles. The summed E-state index contributed by atoms with van der Waals surface area (Å²) in [7, 11) is 0. The van der Waals surface area contributed by atoms with Crippen molar-refractivity contribution in [2.45, 2.75) is 41.5 Å². The Bertz CT molecular complexity index is 1410. The van der Waals surface area contributed by atoms with Crippen LogP contribution in [0, 0.1) is 16.9 Å². The number of ketones is 1. The van der Waals surface area contributed by atoms with Gasteiger partial charge in [0.15, 0.2) is 11.2 Å². The minimum absolute atomic E-state index is 0. The van der Waals surface area contributed by atoms with Crippen LogP contribution in [-0.2, 0) is 25.9 Å². The van der Waals surface area contributed by atoms with Gasteiger partial charge >= 0.3 is 0 Å². The molecule has 0 radical (unpaired) electrons. The predicted molar refractivity (Wildman–Crippen MR) is 137 cm³/mol. The van der Waals surface area contributed by atoms with Crippen LogP contribution in [0.4, 0.5) is 0 Å². The van der Waals surface area contributed by atoms with Crippen LogP contribution in [0.5, 0.6) is 0 Å². The Hall–Kier alpha value is -3.04. The molecule has 0 amide bonds. The molecule has 0 aliphatic carbocycles. The van der Waals surface area contributed by atoms with Gasteiger partial charge in [-0.05, 0) is 29.3 Å². The summed E-state index contributed by atoms with van der Waals surface area (Å²) in [5, 5.41) is 10.7. The van der Waals surface area contributed by atoms with Crippen molar-refractivity contribution in [3.8, 4) is 11.3 Å². The number of nitrogens with zero attached hydrogens (tertiary/aromatic N) is 1. The number of rotatable bonds is 2. The van der Waals surface area contributed by atoms with Crippen LogP contribution >= 0.6 is 0 Å². The van der Waals surface area contributed by atoms with E-state index < -0.39 is 5.41 Å². The largest absolute Gasteiger partial charge is 0.512 e. The second-order valence-corrected chi connectivity index (χ2v) is 10.2. The number of pyridine rings is 1. The molecule has 1 N–H and O–H groups in total. The number of hydrogen-bond acceptors (Lipinski definition) is 5. The molecular formula is C29H30NO4Pt-. The molecule has 0 unspecified atom stereocenters. The number of hydrogen-bond donors (Lipinski definition) is 1. The van der Waals surface area contributed by atoms with E-state index in [-0.39, 0.29) is 43.5 Å². The van der Waals surface area contributed by atoms with Gasteiger partial charge in [0.2, 0.25) is 0 Å². The number of fused-ring (bicyclic) bond motifs is 2. The topological polar surface area (TPSA) is 80.4 Å². The number of para-hydroxylation sites is 1. The maximum absolute atomic E-state index is 12.6. The smallest absolute Gasteiger partial charge is 0.182 e. The van der Waals surface area contributed by atoms with Crippen molar-refractivity contribution in [1.82, 2.24) is 4.98 Å². The first-order chi connectivity index (χ1) is 15.9. The van der Waals surface area contributed by atoms with Crippen molar-refractivity contribution < 1.29 is 35.4 Å². The number of carbonyl (C=O) groups is 1. The van der Waals surface area contributed by atoms with Gasteiger partial charge in [-0.2, -0.15) is 0 Å². The van der Waals surface area contributed by atoms with Crippen molar-refractivity contribution in [3.63, 3.8) is 0 Å². The molecule has 0 aliphatic heterocycles. The van der Waals surface area contributed by atoms with Gasteiger partial charge in [-0.1, -0.05) is 65.8 Å². The minimum atomic E-state index is -0.417. The monoisotopic (exact) mass is 651 g/mol. The Morgan fingerprint density at radius 2 is 1.60 bits per heavy atom. The van der Waals surface area contributed by atoms with Crippen LogP contribution in [-0.4, -0.2) is 15.9 Å². The Kier molecular flexibility index (Phi) is 8.97. The van der Waals surface area contributed by atoms with Crippen molar-refractivity contribution in [2.24, 2.45) is 10.8 Å². The standard InChI is InChI=1S/C18H10NO2.C11H20O2.Pt/c20-18-13-5-1-2-7-16(13)21-17-9-8-12(11-14(17)18)15-6-3-4-10-19-15;1-10(2,3)8(12)7-9(13)11(4,5)6;/h1-7,9-11H;7,12H,1-6H3;/q-1;;. The second-order valence-electron chi connectivity index (χ2n) is 10.2. The molecular weight excluding hydrogens is 621 g/mol. The zero-order valence-electron chi connectivity index (χ0n) is 20.8. The number of benzene rings is 2. The van der Waals surface area contributed by atoms with E-state index in [1.54, 1.807) is 30.5 Å². The van der Waals surface area contributed by atoms with Crippen molar-refractivity contribution >= 4 is 27.7 Å². The summed E-state index contributed by atoms with van der Waals surface area (Å²) < 4.78 is 5.77. The maximum atomic E-state index is 12.6. The summed E-state index contributed by atoms with van der Waals surface area (Å²) in [6, 6.07) is 19.5. The van der Waals surface area contributed by atoms with Crippen LogP contribution in [0.25, 0.3) is 33.2 Å². The number of aromatic nitrogens is 1. The quantitative estimate of drug-likeness (QED) is 0.111. The summed E-state index contributed by atoms with van der Waals surface area (Å²) in [6.07, 6.45) is 3.05. The predicted octanol–water partition coefficient (Wildman–Crippen LogP) is 6.90. The molecule has 0 bridgehead atoms. The van der Waals surface area contributed by atoms with E-state index in [0.29, 0.717) is 21.9 Å². The first kappa shape index (κ1) is 28.2.